The SMILES string of the molecule is CN1C(C(=O)O)=CC2C=CC=C(N)C21. The molecule has 14 heavy (non-hydrogen) atoms. The Morgan fingerprint density at radius 3 is 2.93 bits per heavy atom. The van der Waals surface area contributed by atoms with Gasteiger partial charge < -0.3 is 15.7 Å². The van der Waals surface area contributed by atoms with Crippen LogP contribution in [0.1, 0.15) is 0 Å². The molecular formula is C10H12N2O2. The second kappa shape index (κ2) is 2.90. The van der Waals surface area contributed by atoms with E-state index in [1.165, 1.54) is 0 Å². The fourth-order valence-corrected chi connectivity index (χ4v) is 2.02. The van der Waals surface area contributed by atoms with Crippen LogP contribution in [0.3, 0.4) is 0 Å². The van der Waals surface area contributed by atoms with Gasteiger partial charge in [0.2, 0.25) is 0 Å². The number of hydrogen-bond acceptors (Lipinski definition) is 3. The predicted molar refractivity (Wildman–Crippen MR) is 52.2 cm³/mol. The number of hydrogen-bond donors (Lipinski definition) is 2. The van der Waals surface area contributed by atoms with Gasteiger partial charge in [0.25, 0.3) is 0 Å². The minimum atomic E-state index is -0.900. The van der Waals surface area contributed by atoms with E-state index in [9.17, 15) is 4.79 Å². The Balaban J connectivity index is 2.35. The summed E-state index contributed by atoms with van der Waals surface area (Å²) in [5, 5.41) is 8.92. The molecule has 0 amide bonds. The number of nitrogens with two attached hydrogens (primary N) is 1. The Kier molecular flexibility index (Phi) is 1.84. The van der Waals surface area contributed by atoms with Crippen molar-refractivity contribution in [3.05, 3.63) is 35.7 Å². The lowest BCUT2D eigenvalue weighted by atomic mass is 9.94. The van der Waals surface area contributed by atoms with E-state index < -0.39 is 5.97 Å². The van der Waals surface area contributed by atoms with Crippen molar-refractivity contribution in [3.63, 3.8) is 0 Å². The molecule has 0 aromatic rings. The van der Waals surface area contributed by atoms with Crippen molar-refractivity contribution in [1.29, 1.82) is 0 Å². The van der Waals surface area contributed by atoms with Crippen LogP contribution in [0.5, 0.6) is 0 Å². The van der Waals surface area contributed by atoms with E-state index in [-0.39, 0.29) is 12.0 Å². The molecule has 2 rings (SSSR count). The smallest absolute Gasteiger partial charge is 0.351 e. The summed E-state index contributed by atoms with van der Waals surface area (Å²) in [7, 11) is 1.75. The zero-order chi connectivity index (χ0) is 10.3. The highest BCUT2D eigenvalue weighted by Crippen LogP contribution is 2.32. The zero-order valence-corrected chi connectivity index (χ0v) is 7.84. The summed E-state index contributed by atoms with van der Waals surface area (Å²) < 4.78 is 0. The third-order valence-electron chi connectivity index (χ3n) is 2.69. The van der Waals surface area contributed by atoms with Crippen LogP contribution in [-0.4, -0.2) is 29.1 Å². The van der Waals surface area contributed by atoms with Crippen molar-refractivity contribution < 1.29 is 9.90 Å². The number of carboxylic acid groups (broad SMARTS) is 1. The number of allylic oxidation sites excluding steroid dienone is 2. The van der Waals surface area contributed by atoms with Crippen LogP contribution in [0.15, 0.2) is 35.7 Å². The van der Waals surface area contributed by atoms with E-state index in [1.54, 1.807) is 18.0 Å². The molecule has 4 nitrogen and oxygen atoms in total. The molecular weight excluding hydrogens is 180 g/mol. The summed E-state index contributed by atoms with van der Waals surface area (Å²) >= 11 is 0. The largest absolute Gasteiger partial charge is 0.477 e. The van der Waals surface area contributed by atoms with Crippen LogP contribution in [0.4, 0.5) is 0 Å². The van der Waals surface area contributed by atoms with E-state index in [2.05, 4.69) is 0 Å². The van der Waals surface area contributed by atoms with Gasteiger partial charge in [0.1, 0.15) is 5.70 Å². The van der Waals surface area contributed by atoms with E-state index in [0.29, 0.717) is 11.4 Å². The molecule has 0 fully saturated rings. The van der Waals surface area contributed by atoms with Crippen molar-refractivity contribution in [1.82, 2.24) is 4.90 Å². The molecule has 0 radical (unpaired) electrons. The van der Waals surface area contributed by atoms with Crippen LogP contribution >= 0.6 is 0 Å². The lowest BCUT2D eigenvalue weighted by Gasteiger charge is -2.28. The zero-order valence-electron chi connectivity index (χ0n) is 7.84. The van der Waals surface area contributed by atoms with Crippen LogP contribution in [0.25, 0.3) is 0 Å². The number of aliphatic carboxylic acids is 1. The van der Waals surface area contributed by atoms with Gasteiger partial charge in [-0.2, -0.15) is 0 Å². The lowest BCUT2D eigenvalue weighted by Crippen LogP contribution is -2.37. The highest BCUT2D eigenvalue weighted by molar-refractivity contribution is 5.87. The molecule has 0 aromatic carbocycles. The standard InChI is InChI=1S/C10H12N2O2/c1-12-8(10(13)14)5-6-3-2-4-7(11)9(6)12/h2-6,9H,11H2,1H3,(H,13,14). The highest BCUT2D eigenvalue weighted by Gasteiger charge is 2.36. The molecule has 0 aromatic heterocycles. The van der Waals surface area contributed by atoms with Crippen LogP contribution in [-0.2, 0) is 4.79 Å². The van der Waals surface area contributed by atoms with Crippen molar-refractivity contribution in [2.45, 2.75) is 6.04 Å². The molecule has 2 aliphatic rings. The van der Waals surface area contributed by atoms with Gasteiger partial charge in [0.05, 0.1) is 6.04 Å². The summed E-state index contributed by atoms with van der Waals surface area (Å²) in [5.41, 5.74) is 6.85. The first-order valence-corrected chi connectivity index (χ1v) is 4.43. The first kappa shape index (κ1) is 8.87. The maximum atomic E-state index is 10.9. The topological polar surface area (TPSA) is 66.6 Å². The van der Waals surface area contributed by atoms with Gasteiger partial charge in [-0.05, 0) is 12.2 Å². The number of nitrogens with zero attached hydrogens (tertiary/aromatic N) is 1. The second-order valence-electron chi connectivity index (χ2n) is 3.54. The van der Waals surface area contributed by atoms with Crippen molar-refractivity contribution in [2.75, 3.05) is 7.05 Å². The van der Waals surface area contributed by atoms with Crippen LogP contribution < -0.4 is 5.73 Å². The molecule has 0 bridgehead atoms. The maximum absolute atomic E-state index is 10.9. The number of carboxylic acids is 1. The quantitative estimate of drug-likeness (QED) is 0.627. The summed E-state index contributed by atoms with van der Waals surface area (Å²) in [5.74, 6) is -0.806. The van der Waals surface area contributed by atoms with E-state index in [4.69, 9.17) is 10.8 Å². The minimum absolute atomic E-state index is 0.0221. The molecule has 1 aliphatic heterocycles. The van der Waals surface area contributed by atoms with Crippen LogP contribution in [0, 0.1) is 5.92 Å². The molecule has 1 aliphatic carbocycles. The predicted octanol–water partition coefficient (Wildman–Crippen LogP) is 0.298. The summed E-state index contributed by atoms with van der Waals surface area (Å²) in [6.07, 6.45) is 7.39. The Bertz CT molecular complexity index is 368. The van der Waals surface area contributed by atoms with E-state index in [1.807, 2.05) is 18.2 Å². The van der Waals surface area contributed by atoms with Gasteiger partial charge in [0, 0.05) is 18.7 Å². The first-order chi connectivity index (χ1) is 6.61. The van der Waals surface area contributed by atoms with E-state index in [0.717, 1.165) is 0 Å². The second-order valence-corrected chi connectivity index (χ2v) is 3.54. The molecule has 2 atom stereocenters. The van der Waals surface area contributed by atoms with Gasteiger partial charge in [-0.3, -0.25) is 0 Å². The fourth-order valence-electron chi connectivity index (χ4n) is 2.02. The molecule has 74 valence electrons. The number of rotatable bonds is 1. The molecule has 0 spiro atoms. The number of likely N-dealkylation sites (N-methyl/N-ethyl adjacent to an activating group) is 1. The molecule has 0 saturated heterocycles. The Labute approximate surface area is 82.0 Å². The van der Waals surface area contributed by atoms with E-state index >= 15 is 0 Å². The molecule has 2 unspecified atom stereocenters. The Hall–Kier alpha value is -1.71. The number of carbonyl (C=O) groups is 1. The average molecular weight is 192 g/mol. The first-order valence-electron chi connectivity index (χ1n) is 4.43. The summed E-state index contributed by atoms with van der Waals surface area (Å²) in [4.78, 5) is 12.6. The Morgan fingerprint density at radius 2 is 2.36 bits per heavy atom. The third kappa shape index (κ3) is 1.11. The maximum Gasteiger partial charge on any atom is 0.351 e. The van der Waals surface area contributed by atoms with Crippen molar-refractivity contribution in [3.8, 4) is 0 Å². The normalized spacial score (nSPS) is 29.6. The van der Waals surface area contributed by atoms with Gasteiger partial charge >= 0.3 is 5.97 Å². The Morgan fingerprint density at radius 1 is 1.64 bits per heavy atom. The third-order valence-corrected chi connectivity index (χ3v) is 2.69. The summed E-state index contributed by atoms with van der Waals surface area (Å²) in [6.45, 7) is 0. The van der Waals surface area contributed by atoms with Gasteiger partial charge in [0.15, 0.2) is 0 Å². The van der Waals surface area contributed by atoms with Gasteiger partial charge in [-0.15, -0.1) is 0 Å². The average Bonchev–Trinajstić information content (AvgIpc) is 2.45. The highest BCUT2D eigenvalue weighted by atomic mass is 16.4. The van der Waals surface area contributed by atoms with Crippen LogP contribution in [0.2, 0.25) is 0 Å². The number of fused-ring (bicyclic) bond motifs is 1. The van der Waals surface area contributed by atoms with Gasteiger partial charge in [-0.1, -0.05) is 12.2 Å². The van der Waals surface area contributed by atoms with Crippen molar-refractivity contribution >= 4 is 5.97 Å². The van der Waals surface area contributed by atoms with Gasteiger partial charge in [-0.25, -0.2) is 4.79 Å². The summed E-state index contributed by atoms with van der Waals surface area (Å²) in [6, 6.07) is -0.0221. The minimum Gasteiger partial charge on any atom is -0.477 e. The van der Waals surface area contributed by atoms with Crippen molar-refractivity contribution in [2.24, 2.45) is 11.7 Å². The fraction of sp³-hybridized carbons (Fsp3) is 0.300. The lowest BCUT2D eigenvalue weighted by molar-refractivity contribution is -0.134. The molecule has 4 heteroatoms. The molecule has 3 N–H and O–H groups in total. The molecule has 1 heterocycles. The monoisotopic (exact) mass is 192 g/mol. The molecule has 0 saturated carbocycles.